The number of amides is 1. The number of ether oxygens (including phenoxy) is 1. The van der Waals surface area contributed by atoms with Crippen LogP contribution in [0, 0.1) is 17.2 Å². The van der Waals surface area contributed by atoms with Crippen molar-refractivity contribution in [2.75, 3.05) is 25.5 Å². The van der Waals surface area contributed by atoms with Gasteiger partial charge >= 0.3 is 0 Å². The van der Waals surface area contributed by atoms with Crippen molar-refractivity contribution in [3.8, 4) is 11.8 Å². The first-order valence-corrected chi connectivity index (χ1v) is 9.62. The van der Waals surface area contributed by atoms with Gasteiger partial charge in [-0.15, -0.1) is 0 Å². The van der Waals surface area contributed by atoms with E-state index in [0.717, 1.165) is 12.8 Å². The average molecular weight is 380 g/mol. The average Bonchev–Trinajstić information content (AvgIpc) is 2.69. The van der Waals surface area contributed by atoms with Crippen LogP contribution < -0.4 is 15.0 Å². The Morgan fingerprint density at radius 2 is 1.82 bits per heavy atom. The van der Waals surface area contributed by atoms with E-state index in [1.807, 2.05) is 27.9 Å². The molecule has 0 saturated heterocycles. The molecule has 0 radical (unpaired) electrons. The molecule has 0 bridgehead atoms. The van der Waals surface area contributed by atoms with Crippen LogP contribution in [0.1, 0.15) is 31.4 Å². The number of carbonyl (C=O) groups excluding carboxylic acids is 1. The van der Waals surface area contributed by atoms with Crippen LogP contribution >= 0.6 is 0 Å². The Hall–Kier alpha value is -3.00. The lowest BCUT2D eigenvalue weighted by Crippen LogP contribution is -2.42. The zero-order chi connectivity index (χ0) is 20.5. The second kappa shape index (κ2) is 10.4. The third-order valence-electron chi connectivity index (χ3n) is 4.52. The molecule has 1 amide bonds. The van der Waals surface area contributed by atoms with E-state index < -0.39 is 6.10 Å². The summed E-state index contributed by atoms with van der Waals surface area (Å²) in [5, 5.41) is 12.2. The van der Waals surface area contributed by atoms with Crippen LogP contribution in [0.5, 0.6) is 5.75 Å². The fourth-order valence-electron chi connectivity index (χ4n) is 2.86. The minimum absolute atomic E-state index is 0.00896. The second-order valence-corrected chi connectivity index (χ2v) is 7.35. The van der Waals surface area contributed by atoms with Crippen LogP contribution in [0.15, 0.2) is 48.5 Å². The zero-order valence-electron chi connectivity index (χ0n) is 17.1. The number of rotatable bonds is 9. The Bertz CT molecular complexity index is 807. The molecule has 28 heavy (non-hydrogen) atoms. The van der Waals surface area contributed by atoms with Crippen molar-refractivity contribution in [3.63, 3.8) is 0 Å². The highest BCUT2D eigenvalue weighted by molar-refractivity contribution is 5.81. The highest BCUT2D eigenvalue weighted by atomic mass is 16.5. The lowest BCUT2D eigenvalue weighted by molar-refractivity contribution is -0.129. The lowest BCUT2D eigenvalue weighted by atomic mass is 10.1. The molecule has 0 spiro atoms. The summed E-state index contributed by atoms with van der Waals surface area (Å²) in [6, 6.07) is 17.5. The van der Waals surface area contributed by atoms with Crippen LogP contribution in [-0.4, -0.2) is 32.7 Å². The number of para-hydroxylation sites is 1. The van der Waals surface area contributed by atoms with E-state index in [1.54, 1.807) is 24.3 Å². The van der Waals surface area contributed by atoms with E-state index in [1.165, 1.54) is 11.3 Å². The first-order chi connectivity index (χ1) is 13.4. The highest BCUT2D eigenvalue weighted by Crippen LogP contribution is 2.21. The van der Waals surface area contributed by atoms with Gasteiger partial charge in [0.1, 0.15) is 11.8 Å². The molecule has 0 aliphatic carbocycles. The molecular weight excluding hydrogens is 350 g/mol. The van der Waals surface area contributed by atoms with Gasteiger partial charge in [0.25, 0.3) is 5.91 Å². The molecule has 5 nitrogen and oxygen atoms in total. The summed E-state index contributed by atoms with van der Waals surface area (Å²) in [6.45, 7) is 4.46. The molecule has 1 unspecified atom stereocenters. The number of nitrogens with zero attached hydrogens (tertiary/aromatic N) is 2. The summed E-state index contributed by atoms with van der Waals surface area (Å²) in [5.74, 6) is 0.288. The number of hydrogen-bond donors (Lipinski definition) is 1. The maximum Gasteiger partial charge on any atom is 0.261 e. The molecule has 0 heterocycles. The summed E-state index contributed by atoms with van der Waals surface area (Å²) < 4.78 is 5.87. The summed E-state index contributed by atoms with van der Waals surface area (Å²) in [7, 11) is 4.04. The van der Waals surface area contributed by atoms with Gasteiger partial charge in [-0.2, -0.15) is 5.26 Å². The van der Waals surface area contributed by atoms with E-state index in [0.29, 0.717) is 17.9 Å². The molecule has 0 aliphatic heterocycles. The van der Waals surface area contributed by atoms with Gasteiger partial charge in [-0.05, 0) is 48.6 Å². The van der Waals surface area contributed by atoms with Crippen LogP contribution in [0.3, 0.4) is 0 Å². The molecule has 0 saturated carbocycles. The van der Waals surface area contributed by atoms with Crippen molar-refractivity contribution in [1.29, 1.82) is 5.26 Å². The molecule has 2 aromatic rings. The molecule has 1 N–H and O–H groups in total. The molecule has 0 aliphatic rings. The maximum absolute atomic E-state index is 12.6. The van der Waals surface area contributed by atoms with Crippen molar-refractivity contribution >= 4 is 11.6 Å². The molecule has 0 fully saturated rings. The van der Waals surface area contributed by atoms with Gasteiger partial charge in [0.15, 0.2) is 6.10 Å². The largest absolute Gasteiger partial charge is 0.479 e. The molecular formula is C23H29N3O2. The van der Waals surface area contributed by atoms with E-state index in [4.69, 9.17) is 4.74 Å². The van der Waals surface area contributed by atoms with Gasteiger partial charge in [-0.25, -0.2) is 0 Å². The predicted octanol–water partition coefficient (Wildman–Crippen LogP) is 3.78. The van der Waals surface area contributed by atoms with Gasteiger partial charge in [-0.3, -0.25) is 4.79 Å². The molecule has 5 heteroatoms. The number of nitrogens with one attached hydrogen (secondary N) is 1. The molecule has 148 valence electrons. The minimum atomic E-state index is -0.631. The third-order valence-corrected chi connectivity index (χ3v) is 4.52. The second-order valence-electron chi connectivity index (χ2n) is 7.35. The molecule has 0 aromatic heterocycles. The number of anilines is 1. The quantitative estimate of drug-likeness (QED) is 0.674. The number of nitriles is 1. The monoisotopic (exact) mass is 379 g/mol. The third kappa shape index (κ3) is 6.02. The summed E-state index contributed by atoms with van der Waals surface area (Å²) in [5.41, 5.74) is 2.85. The van der Waals surface area contributed by atoms with Crippen LogP contribution in [0.2, 0.25) is 0 Å². The summed E-state index contributed by atoms with van der Waals surface area (Å²) in [4.78, 5) is 14.7. The number of benzene rings is 2. The Labute approximate surface area is 167 Å². The minimum Gasteiger partial charge on any atom is -0.479 e. The molecule has 1 atom stereocenters. The van der Waals surface area contributed by atoms with E-state index >= 15 is 0 Å². The highest BCUT2D eigenvalue weighted by Gasteiger charge is 2.24. The van der Waals surface area contributed by atoms with Gasteiger partial charge in [0, 0.05) is 26.3 Å². The number of aryl methyl sites for hydroxylation is 1. The van der Waals surface area contributed by atoms with E-state index in [9.17, 15) is 10.1 Å². The van der Waals surface area contributed by atoms with Gasteiger partial charge < -0.3 is 15.0 Å². The van der Waals surface area contributed by atoms with Crippen molar-refractivity contribution in [2.45, 2.75) is 32.8 Å². The topological polar surface area (TPSA) is 65.4 Å². The Morgan fingerprint density at radius 1 is 1.14 bits per heavy atom. The van der Waals surface area contributed by atoms with Crippen LogP contribution in [-0.2, 0) is 11.2 Å². The summed E-state index contributed by atoms with van der Waals surface area (Å²) >= 11 is 0. The number of carbonyl (C=O) groups is 1. The summed E-state index contributed by atoms with van der Waals surface area (Å²) in [6.07, 6.45) is 1.12. The first kappa shape index (κ1) is 21.3. The lowest BCUT2D eigenvalue weighted by Gasteiger charge is -2.22. The number of hydrogen-bond acceptors (Lipinski definition) is 4. The molecule has 2 aromatic carbocycles. The van der Waals surface area contributed by atoms with Gasteiger partial charge in [-0.1, -0.05) is 38.1 Å². The standard InChI is InChI=1S/C23H29N3O2/c1-17(2)22(28-21-10-6-5-9-19(21)16-24)23(27)25-15-7-8-18-11-13-20(14-12-18)26(3)4/h5-6,9-14,17,22H,7-8,15H2,1-4H3,(H,25,27). The van der Waals surface area contributed by atoms with Crippen LogP contribution in [0.4, 0.5) is 5.69 Å². The van der Waals surface area contributed by atoms with Crippen molar-refractivity contribution in [3.05, 3.63) is 59.7 Å². The predicted molar refractivity (Wildman–Crippen MR) is 113 cm³/mol. The zero-order valence-corrected chi connectivity index (χ0v) is 17.1. The van der Waals surface area contributed by atoms with Crippen LogP contribution in [0.25, 0.3) is 0 Å². The fourth-order valence-corrected chi connectivity index (χ4v) is 2.86. The van der Waals surface area contributed by atoms with Crippen molar-refractivity contribution in [2.24, 2.45) is 5.92 Å². The SMILES string of the molecule is CC(C)C(Oc1ccccc1C#N)C(=O)NCCCc1ccc(N(C)C)cc1. The molecule has 2 rings (SSSR count). The Balaban J connectivity index is 1.86. The van der Waals surface area contributed by atoms with Gasteiger partial charge in [0.05, 0.1) is 5.56 Å². The Kier molecular flexibility index (Phi) is 7.88. The van der Waals surface area contributed by atoms with Crippen molar-refractivity contribution in [1.82, 2.24) is 5.32 Å². The van der Waals surface area contributed by atoms with Gasteiger partial charge in [0.2, 0.25) is 0 Å². The van der Waals surface area contributed by atoms with Crippen molar-refractivity contribution < 1.29 is 9.53 Å². The fraction of sp³-hybridized carbons (Fsp3) is 0.391. The normalized spacial score (nSPS) is 11.6. The first-order valence-electron chi connectivity index (χ1n) is 9.62. The Morgan fingerprint density at radius 3 is 2.43 bits per heavy atom. The maximum atomic E-state index is 12.6. The van der Waals surface area contributed by atoms with E-state index in [2.05, 4.69) is 40.6 Å². The smallest absolute Gasteiger partial charge is 0.261 e. The van der Waals surface area contributed by atoms with E-state index in [-0.39, 0.29) is 11.8 Å².